The number of nitrogens with zero attached hydrogens (tertiary/aromatic N) is 2. The Labute approximate surface area is 80.1 Å². The summed E-state index contributed by atoms with van der Waals surface area (Å²) in [7, 11) is 0. The summed E-state index contributed by atoms with van der Waals surface area (Å²) in [5, 5.41) is 0.483. The minimum absolute atomic E-state index is 0.259. The quantitative estimate of drug-likeness (QED) is 0.675. The molecular weight excluding hydrogens is 192 g/mol. The molecule has 1 aliphatic rings. The zero-order valence-corrected chi connectivity index (χ0v) is 7.70. The number of aromatic nitrogens is 2. The van der Waals surface area contributed by atoms with Crippen molar-refractivity contribution in [2.45, 2.75) is 19.1 Å². The van der Waals surface area contributed by atoms with Crippen LogP contribution in [0.1, 0.15) is 6.42 Å². The zero-order valence-electron chi connectivity index (χ0n) is 6.94. The summed E-state index contributed by atoms with van der Waals surface area (Å²) in [5.74, 6) is 0. The SMILES string of the molecule is O=c1ncc(Cl)cn1CCC1CO1. The lowest BCUT2D eigenvalue weighted by Gasteiger charge is -2.02. The molecule has 4 nitrogen and oxygen atoms in total. The van der Waals surface area contributed by atoms with E-state index < -0.39 is 0 Å². The molecule has 1 aromatic heterocycles. The molecule has 5 heteroatoms. The van der Waals surface area contributed by atoms with Crippen LogP contribution in [-0.2, 0) is 11.3 Å². The first-order valence-electron chi connectivity index (χ1n) is 4.09. The predicted octanol–water partition coefficient (Wildman–Crippen LogP) is 0.686. The van der Waals surface area contributed by atoms with Gasteiger partial charge in [-0.1, -0.05) is 11.6 Å². The second-order valence-electron chi connectivity index (χ2n) is 2.99. The van der Waals surface area contributed by atoms with Gasteiger partial charge in [-0.2, -0.15) is 0 Å². The van der Waals surface area contributed by atoms with E-state index in [0.717, 1.165) is 13.0 Å². The van der Waals surface area contributed by atoms with E-state index in [1.54, 1.807) is 6.20 Å². The normalized spacial score (nSPS) is 20.2. The molecule has 0 amide bonds. The maximum Gasteiger partial charge on any atom is 0.347 e. The van der Waals surface area contributed by atoms with Crippen molar-refractivity contribution >= 4 is 11.6 Å². The number of rotatable bonds is 3. The Hall–Kier alpha value is -0.870. The van der Waals surface area contributed by atoms with Crippen LogP contribution in [0.5, 0.6) is 0 Å². The molecule has 1 fully saturated rings. The molecule has 0 radical (unpaired) electrons. The van der Waals surface area contributed by atoms with Crippen LogP contribution in [0.3, 0.4) is 0 Å². The van der Waals surface area contributed by atoms with Gasteiger partial charge < -0.3 is 4.74 Å². The summed E-state index contributed by atoms with van der Waals surface area (Å²) < 4.78 is 6.54. The van der Waals surface area contributed by atoms with E-state index in [0.29, 0.717) is 17.7 Å². The largest absolute Gasteiger partial charge is 0.373 e. The van der Waals surface area contributed by atoms with E-state index >= 15 is 0 Å². The van der Waals surface area contributed by atoms with Gasteiger partial charge in [0.25, 0.3) is 0 Å². The molecule has 0 bridgehead atoms. The molecule has 0 aromatic carbocycles. The van der Waals surface area contributed by atoms with E-state index in [1.165, 1.54) is 10.8 Å². The van der Waals surface area contributed by atoms with Gasteiger partial charge in [-0.3, -0.25) is 4.57 Å². The summed E-state index contributed by atoms with van der Waals surface area (Å²) in [6.07, 6.45) is 4.13. The molecule has 2 rings (SSSR count). The highest BCUT2D eigenvalue weighted by molar-refractivity contribution is 6.30. The first-order valence-corrected chi connectivity index (χ1v) is 4.47. The molecule has 1 saturated heterocycles. The summed E-state index contributed by atoms with van der Waals surface area (Å²) in [5.41, 5.74) is -0.259. The van der Waals surface area contributed by atoms with Crippen molar-refractivity contribution in [1.29, 1.82) is 0 Å². The second-order valence-corrected chi connectivity index (χ2v) is 3.43. The van der Waals surface area contributed by atoms with Crippen molar-refractivity contribution < 1.29 is 4.74 Å². The van der Waals surface area contributed by atoms with Crippen molar-refractivity contribution in [3.63, 3.8) is 0 Å². The van der Waals surface area contributed by atoms with Gasteiger partial charge >= 0.3 is 5.69 Å². The van der Waals surface area contributed by atoms with Gasteiger partial charge in [0.15, 0.2) is 0 Å². The van der Waals surface area contributed by atoms with Crippen LogP contribution in [0.2, 0.25) is 5.02 Å². The molecule has 13 heavy (non-hydrogen) atoms. The fourth-order valence-electron chi connectivity index (χ4n) is 1.11. The van der Waals surface area contributed by atoms with Gasteiger partial charge in [0.2, 0.25) is 0 Å². The fourth-order valence-corrected chi connectivity index (χ4v) is 1.27. The third kappa shape index (κ3) is 2.29. The highest BCUT2D eigenvalue weighted by atomic mass is 35.5. The Morgan fingerprint density at radius 3 is 3.23 bits per heavy atom. The van der Waals surface area contributed by atoms with Gasteiger partial charge in [-0.05, 0) is 6.42 Å². The predicted molar refractivity (Wildman–Crippen MR) is 47.9 cm³/mol. The van der Waals surface area contributed by atoms with E-state index in [9.17, 15) is 4.79 Å². The fraction of sp³-hybridized carbons (Fsp3) is 0.500. The molecule has 1 atom stereocenters. The van der Waals surface area contributed by atoms with E-state index in [1.807, 2.05) is 0 Å². The number of halogens is 1. The minimum Gasteiger partial charge on any atom is -0.373 e. The van der Waals surface area contributed by atoms with Crippen molar-refractivity contribution in [2.24, 2.45) is 0 Å². The topological polar surface area (TPSA) is 47.4 Å². The van der Waals surface area contributed by atoms with Gasteiger partial charge in [-0.25, -0.2) is 9.78 Å². The molecule has 1 unspecified atom stereocenters. The van der Waals surface area contributed by atoms with Crippen LogP contribution in [-0.4, -0.2) is 22.3 Å². The Balaban J connectivity index is 2.08. The van der Waals surface area contributed by atoms with Crippen LogP contribution in [0.25, 0.3) is 0 Å². The summed E-state index contributed by atoms with van der Waals surface area (Å²) in [6.45, 7) is 1.43. The number of hydrogen-bond donors (Lipinski definition) is 0. The molecule has 0 aliphatic carbocycles. The van der Waals surface area contributed by atoms with Crippen molar-refractivity contribution in [2.75, 3.05) is 6.61 Å². The third-order valence-electron chi connectivity index (χ3n) is 1.92. The molecule has 1 aliphatic heterocycles. The summed E-state index contributed by atoms with van der Waals surface area (Å²) in [6, 6.07) is 0. The standard InChI is InChI=1S/C8H9ClN2O2/c9-6-3-10-8(12)11(4-6)2-1-7-5-13-7/h3-4,7H,1-2,5H2. The van der Waals surface area contributed by atoms with E-state index in [4.69, 9.17) is 16.3 Å². The van der Waals surface area contributed by atoms with Crippen LogP contribution in [0, 0.1) is 0 Å². The number of epoxide rings is 1. The minimum atomic E-state index is -0.259. The monoisotopic (exact) mass is 200 g/mol. The van der Waals surface area contributed by atoms with Gasteiger partial charge in [0, 0.05) is 12.7 Å². The smallest absolute Gasteiger partial charge is 0.347 e. The lowest BCUT2D eigenvalue weighted by Crippen LogP contribution is -2.22. The third-order valence-corrected chi connectivity index (χ3v) is 2.11. The molecule has 0 spiro atoms. The van der Waals surface area contributed by atoms with Crippen molar-refractivity contribution in [3.05, 3.63) is 27.9 Å². The number of ether oxygens (including phenoxy) is 1. The van der Waals surface area contributed by atoms with Gasteiger partial charge in [0.05, 0.1) is 23.9 Å². The number of hydrogen-bond acceptors (Lipinski definition) is 3. The highest BCUT2D eigenvalue weighted by Crippen LogP contribution is 2.14. The van der Waals surface area contributed by atoms with Gasteiger partial charge in [0.1, 0.15) is 0 Å². The van der Waals surface area contributed by atoms with Crippen LogP contribution < -0.4 is 5.69 Å². The van der Waals surface area contributed by atoms with Crippen LogP contribution >= 0.6 is 11.6 Å². The maximum atomic E-state index is 11.2. The first-order chi connectivity index (χ1) is 6.25. The Morgan fingerprint density at radius 2 is 2.54 bits per heavy atom. The Morgan fingerprint density at radius 1 is 1.77 bits per heavy atom. The Bertz CT molecular complexity index is 359. The molecular formula is C8H9ClN2O2. The zero-order chi connectivity index (χ0) is 9.26. The molecule has 1 aromatic rings. The average Bonchev–Trinajstić information content (AvgIpc) is 2.90. The van der Waals surface area contributed by atoms with Gasteiger partial charge in [-0.15, -0.1) is 0 Å². The lowest BCUT2D eigenvalue weighted by molar-refractivity contribution is 0.383. The highest BCUT2D eigenvalue weighted by Gasteiger charge is 2.21. The molecule has 70 valence electrons. The van der Waals surface area contributed by atoms with E-state index in [2.05, 4.69) is 4.98 Å². The molecule has 2 heterocycles. The van der Waals surface area contributed by atoms with Crippen LogP contribution in [0.15, 0.2) is 17.2 Å². The van der Waals surface area contributed by atoms with Crippen molar-refractivity contribution in [3.8, 4) is 0 Å². The maximum absolute atomic E-state index is 11.2. The summed E-state index contributed by atoms with van der Waals surface area (Å²) in [4.78, 5) is 14.8. The average molecular weight is 201 g/mol. The van der Waals surface area contributed by atoms with Crippen LogP contribution in [0.4, 0.5) is 0 Å². The summed E-state index contributed by atoms with van der Waals surface area (Å²) >= 11 is 5.69. The van der Waals surface area contributed by atoms with E-state index in [-0.39, 0.29) is 5.69 Å². The molecule has 0 saturated carbocycles. The Kier molecular flexibility index (Phi) is 2.33. The second kappa shape index (κ2) is 3.47. The first kappa shape index (κ1) is 8.72. The van der Waals surface area contributed by atoms with Crippen molar-refractivity contribution in [1.82, 2.24) is 9.55 Å². The lowest BCUT2D eigenvalue weighted by atomic mass is 10.3. The molecule has 0 N–H and O–H groups in total. The number of aryl methyl sites for hydroxylation is 1.